The number of anilines is 2. The van der Waals surface area contributed by atoms with Crippen molar-refractivity contribution in [2.45, 2.75) is 26.4 Å². The number of aromatic nitrogens is 4. The Morgan fingerprint density at radius 1 is 1.48 bits per heavy atom. The van der Waals surface area contributed by atoms with Gasteiger partial charge in [0.05, 0.1) is 24.5 Å². The molecule has 0 atom stereocenters. The molecule has 0 fully saturated rings. The minimum atomic E-state index is 0. The first-order valence-corrected chi connectivity index (χ1v) is 6.80. The van der Waals surface area contributed by atoms with Gasteiger partial charge < -0.3 is 28.6 Å². The first-order chi connectivity index (χ1) is 9.61. The maximum Gasteiger partial charge on any atom is 0.243 e. The van der Waals surface area contributed by atoms with Crippen LogP contribution < -0.4 is 28.0 Å². The molecule has 0 bridgehead atoms. The van der Waals surface area contributed by atoms with Crippen LogP contribution in [-0.2, 0) is 20.1 Å². The summed E-state index contributed by atoms with van der Waals surface area (Å²) < 4.78 is 5.85. The van der Waals surface area contributed by atoms with E-state index in [1.54, 1.807) is 4.68 Å². The standard InChI is InChI=1S/C13H23N6O.ClH/c1-11-12(14)13(17(2)16-11)15-4-3-5-18-6-7-19(10-18)8-9-20;/h6-7,10,15,20H,3-5,8-9,14H2,1-2H3;1H/q+1;/p-1. The Hall–Kier alpha value is -1.73. The second-order valence-electron chi connectivity index (χ2n) is 4.86. The number of aryl methyl sites for hydroxylation is 3. The summed E-state index contributed by atoms with van der Waals surface area (Å²) in [5, 5.41) is 16.5. The molecule has 0 aromatic carbocycles. The van der Waals surface area contributed by atoms with Crippen molar-refractivity contribution in [2.24, 2.45) is 7.05 Å². The second kappa shape index (κ2) is 7.90. The Kier molecular flexibility index (Phi) is 6.51. The summed E-state index contributed by atoms with van der Waals surface area (Å²) in [7, 11) is 1.88. The van der Waals surface area contributed by atoms with Gasteiger partial charge in [0.1, 0.15) is 24.8 Å². The molecule has 0 unspecified atom stereocenters. The van der Waals surface area contributed by atoms with Gasteiger partial charge in [0.15, 0.2) is 0 Å². The van der Waals surface area contributed by atoms with E-state index >= 15 is 0 Å². The summed E-state index contributed by atoms with van der Waals surface area (Å²) in [6.45, 7) is 4.45. The summed E-state index contributed by atoms with van der Waals surface area (Å²) in [5.41, 5.74) is 7.52. The van der Waals surface area contributed by atoms with Crippen LogP contribution in [0.4, 0.5) is 11.5 Å². The van der Waals surface area contributed by atoms with Crippen molar-refractivity contribution in [3.63, 3.8) is 0 Å². The van der Waals surface area contributed by atoms with Crippen LogP contribution in [0.2, 0.25) is 0 Å². The predicted molar refractivity (Wildman–Crippen MR) is 77.2 cm³/mol. The van der Waals surface area contributed by atoms with E-state index in [1.165, 1.54) is 0 Å². The zero-order valence-electron chi connectivity index (χ0n) is 12.5. The smallest absolute Gasteiger partial charge is 0.243 e. The second-order valence-corrected chi connectivity index (χ2v) is 4.86. The lowest BCUT2D eigenvalue weighted by Gasteiger charge is -2.06. The van der Waals surface area contributed by atoms with Crippen molar-refractivity contribution in [3.8, 4) is 0 Å². The van der Waals surface area contributed by atoms with Crippen LogP contribution in [0.1, 0.15) is 12.1 Å². The van der Waals surface area contributed by atoms with E-state index in [-0.39, 0.29) is 19.0 Å². The minimum absolute atomic E-state index is 0. The van der Waals surface area contributed by atoms with Gasteiger partial charge in [0.2, 0.25) is 6.33 Å². The molecule has 0 saturated heterocycles. The topological polar surface area (TPSA) is 84.9 Å². The van der Waals surface area contributed by atoms with Gasteiger partial charge >= 0.3 is 0 Å². The third-order valence-electron chi connectivity index (χ3n) is 3.26. The first kappa shape index (κ1) is 17.3. The number of nitrogens with one attached hydrogen (secondary N) is 1. The Morgan fingerprint density at radius 2 is 2.24 bits per heavy atom. The van der Waals surface area contributed by atoms with Crippen molar-refractivity contribution in [1.29, 1.82) is 0 Å². The normalized spacial score (nSPS) is 10.4. The minimum Gasteiger partial charge on any atom is -1.00 e. The fourth-order valence-electron chi connectivity index (χ4n) is 2.17. The molecular formula is C13H23ClN6O. The summed E-state index contributed by atoms with van der Waals surface area (Å²) in [6.07, 6.45) is 6.96. The molecule has 0 aliphatic carbocycles. The summed E-state index contributed by atoms with van der Waals surface area (Å²) in [4.78, 5) is 0. The fourth-order valence-corrected chi connectivity index (χ4v) is 2.17. The zero-order chi connectivity index (χ0) is 14.5. The molecule has 2 aromatic rings. The number of rotatable bonds is 7. The number of nitrogen functional groups attached to an aromatic ring is 1. The van der Waals surface area contributed by atoms with Gasteiger partial charge in [-0.1, -0.05) is 0 Å². The number of hydrogen-bond donors (Lipinski definition) is 3. The molecule has 7 nitrogen and oxygen atoms in total. The molecule has 0 aliphatic heterocycles. The van der Waals surface area contributed by atoms with Gasteiger partial charge in [0.25, 0.3) is 0 Å². The quantitative estimate of drug-likeness (QED) is 0.373. The molecule has 118 valence electrons. The predicted octanol–water partition coefficient (Wildman–Crippen LogP) is -3.10. The summed E-state index contributed by atoms with van der Waals surface area (Å²) in [6, 6.07) is 0. The van der Waals surface area contributed by atoms with Gasteiger partial charge in [-0.25, -0.2) is 9.13 Å². The number of hydrogen-bond acceptors (Lipinski definition) is 4. The maximum absolute atomic E-state index is 8.86. The van der Waals surface area contributed by atoms with Crippen LogP contribution in [0.5, 0.6) is 0 Å². The monoisotopic (exact) mass is 314 g/mol. The van der Waals surface area contributed by atoms with Crippen molar-refractivity contribution >= 4 is 11.5 Å². The zero-order valence-corrected chi connectivity index (χ0v) is 13.2. The van der Waals surface area contributed by atoms with Crippen LogP contribution in [0, 0.1) is 6.92 Å². The van der Waals surface area contributed by atoms with E-state index in [1.807, 2.05) is 37.3 Å². The van der Waals surface area contributed by atoms with Crippen molar-refractivity contribution < 1.29 is 22.1 Å². The number of nitrogens with two attached hydrogens (primary N) is 1. The van der Waals surface area contributed by atoms with Crippen molar-refractivity contribution in [3.05, 3.63) is 24.4 Å². The van der Waals surface area contributed by atoms with Gasteiger partial charge in [0, 0.05) is 20.0 Å². The first-order valence-electron chi connectivity index (χ1n) is 6.80. The van der Waals surface area contributed by atoms with E-state index < -0.39 is 0 Å². The molecule has 0 radical (unpaired) electrons. The lowest BCUT2D eigenvalue weighted by atomic mass is 10.3. The lowest BCUT2D eigenvalue weighted by molar-refractivity contribution is -0.696. The number of aliphatic hydroxyl groups is 1. The Bertz CT molecular complexity index is 565. The van der Waals surface area contributed by atoms with Crippen molar-refractivity contribution in [1.82, 2.24) is 14.3 Å². The highest BCUT2D eigenvalue weighted by Crippen LogP contribution is 2.20. The van der Waals surface area contributed by atoms with E-state index in [0.29, 0.717) is 12.2 Å². The molecule has 2 rings (SSSR count). The van der Waals surface area contributed by atoms with Gasteiger partial charge in [-0.15, -0.1) is 0 Å². The van der Waals surface area contributed by atoms with Crippen LogP contribution >= 0.6 is 0 Å². The van der Waals surface area contributed by atoms with Gasteiger partial charge in [-0.2, -0.15) is 5.10 Å². The largest absolute Gasteiger partial charge is 1.00 e. The average molecular weight is 315 g/mol. The third kappa shape index (κ3) is 4.37. The molecule has 0 aliphatic rings. The SMILES string of the molecule is Cc1nn(C)c(NCCC[n+]2ccn(CCO)c2)c1N.[Cl-]. The van der Waals surface area contributed by atoms with Crippen LogP contribution in [0.15, 0.2) is 18.7 Å². The number of halogens is 1. The van der Waals surface area contributed by atoms with Gasteiger partial charge in [-0.05, 0) is 6.92 Å². The molecule has 2 aromatic heterocycles. The highest BCUT2D eigenvalue weighted by molar-refractivity contribution is 5.64. The Morgan fingerprint density at radius 3 is 2.86 bits per heavy atom. The maximum atomic E-state index is 8.86. The number of aliphatic hydroxyl groups excluding tert-OH is 1. The van der Waals surface area contributed by atoms with E-state index in [0.717, 1.165) is 31.0 Å². The molecule has 0 saturated carbocycles. The van der Waals surface area contributed by atoms with Gasteiger partial charge in [-0.3, -0.25) is 4.68 Å². The number of imidazole rings is 1. The molecule has 4 N–H and O–H groups in total. The lowest BCUT2D eigenvalue weighted by Crippen LogP contribution is -3.00. The van der Waals surface area contributed by atoms with Crippen LogP contribution in [0.25, 0.3) is 0 Å². The van der Waals surface area contributed by atoms with Crippen molar-refractivity contribution in [2.75, 3.05) is 24.2 Å². The summed E-state index contributed by atoms with van der Waals surface area (Å²) >= 11 is 0. The summed E-state index contributed by atoms with van der Waals surface area (Å²) in [5.74, 6) is 0.880. The highest BCUT2D eigenvalue weighted by Gasteiger charge is 2.09. The highest BCUT2D eigenvalue weighted by atomic mass is 35.5. The molecule has 8 heteroatoms. The van der Waals surface area contributed by atoms with E-state index in [2.05, 4.69) is 15.0 Å². The average Bonchev–Trinajstić information content (AvgIpc) is 2.94. The Balaban J connectivity index is 0.00000220. The Labute approximate surface area is 130 Å². The molecule has 0 spiro atoms. The molecular weight excluding hydrogens is 292 g/mol. The molecule has 0 amide bonds. The van der Waals surface area contributed by atoms with E-state index in [4.69, 9.17) is 10.8 Å². The fraction of sp³-hybridized carbons (Fsp3) is 0.538. The van der Waals surface area contributed by atoms with Crippen LogP contribution in [0.3, 0.4) is 0 Å². The molecule has 21 heavy (non-hydrogen) atoms. The number of nitrogens with zero attached hydrogens (tertiary/aromatic N) is 4. The molecule has 2 heterocycles. The van der Waals surface area contributed by atoms with Crippen LogP contribution in [-0.4, -0.2) is 32.6 Å². The van der Waals surface area contributed by atoms with E-state index in [9.17, 15) is 0 Å². The third-order valence-corrected chi connectivity index (χ3v) is 3.26.